The lowest BCUT2D eigenvalue weighted by molar-refractivity contribution is 0.0136. The molecule has 4 nitrogen and oxygen atoms in total. The van der Waals surface area contributed by atoms with Crippen LogP contribution in [0.5, 0.6) is 0 Å². The fraction of sp³-hybridized carbons (Fsp3) is 0.500. The van der Waals surface area contributed by atoms with Gasteiger partial charge >= 0.3 is 0 Å². The van der Waals surface area contributed by atoms with Crippen LogP contribution < -0.4 is 11.1 Å². The standard InChI is InChI=1S/C14H20N2O2/c1-9-4-3-5-12(15)13(9)14(17)16-11-6-7-18-10(2)8-11/h3-5,10-11H,6-8,15H2,1-2H3,(H,16,17). The molecule has 1 aliphatic rings. The van der Waals surface area contributed by atoms with Crippen molar-refractivity contribution in [3.63, 3.8) is 0 Å². The molecule has 1 amide bonds. The lowest BCUT2D eigenvalue weighted by Gasteiger charge is -2.28. The molecule has 2 unspecified atom stereocenters. The van der Waals surface area contributed by atoms with Crippen molar-refractivity contribution in [2.24, 2.45) is 0 Å². The molecule has 1 aliphatic heterocycles. The van der Waals surface area contributed by atoms with Crippen LogP contribution in [0, 0.1) is 6.92 Å². The highest BCUT2D eigenvalue weighted by molar-refractivity contribution is 6.00. The van der Waals surface area contributed by atoms with Crippen LogP contribution >= 0.6 is 0 Å². The predicted octanol–water partition coefficient (Wildman–Crippen LogP) is 1.87. The van der Waals surface area contributed by atoms with E-state index in [2.05, 4.69) is 5.32 Å². The van der Waals surface area contributed by atoms with Crippen molar-refractivity contribution in [2.45, 2.75) is 38.8 Å². The van der Waals surface area contributed by atoms with Gasteiger partial charge in [0.05, 0.1) is 11.7 Å². The predicted molar refractivity (Wildman–Crippen MR) is 71.5 cm³/mol. The smallest absolute Gasteiger partial charge is 0.253 e. The number of carbonyl (C=O) groups is 1. The van der Waals surface area contributed by atoms with E-state index in [1.165, 1.54) is 0 Å². The number of benzene rings is 1. The lowest BCUT2D eigenvalue weighted by Crippen LogP contribution is -2.41. The first-order valence-electron chi connectivity index (χ1n) is 6.35. The second-order valence-electron chi connectivity index (χ2n) is 4.92. The number of hydrogen-bond donors (Lipinski definition) is 2. The van der Waals surface area contributed by atoms with Gasteiger partial charge in [0, 0.05) is 18.3 Å². The molecule has 0 aromatic heterocycles. The Hall–Kier alpha value is -1.55. The Bertz CT molecular complexity index is 425. The summed E-state index contributed by atoms with van der Waals surface area (Å²) in [6.45, 7) is 4.63. The first-order valence-corrected chi connectivity index (χ1v) is 6.35. The largest absolute Gasteiger partial charge is 0.398 e. The minimum Gasteiger partial charge on any atom is -0.398 e. The molecule has 0 bridgehead atoms. The van der Waals surface area contributed by atoms with Crippen LogP contribution in [-0.2, 0) is 4.74 Å². The molecule has 0 aliphatic carbocycles. The van der Waals surface area contributed by atoms with Crippen molar-refractivity contribution in [1.29, 1.82) is 0 Å². The van der Waals surface area contributed by atoms with E-state index in [1.54, 1.807) is 6.07 Å². The number of anilines is 1. The summed E-state index contributed by atoms with van der Waals surface area (Å²) < 4.78 is 5.47. The minimum absolute atomic E-state index is 0.0790. The van der Waals surface area contributed by atoms with Crippen LogP contribution in [0.15, 0.2) is 18.2 Å². The zero-order valence-electron chi connectivity index (χ0n) is 10.9. The summed E-state index contributed by atoms with van der Waals surface area (Å²) in [6, 6.07) is 5.70. The van der Waals surface area contributed by atoms with Crippen LogP contribution in [0.4, 0.5) is 5.69 Å². The SMILES string of the molecule is Cc1cccc(N)c1C(=O)NC1CCOC(C)C1. The van der Waals surface area contributed by atoms with Crippen LogP contribution in [0.2, 0.25) is 0 Å². The molecule has 1 aromatic carbocycles. The van der Waals surface area contributed by atoms with Gasteiger partial charge in [0.1, 0.15) is 0 Å². The number of aryl methyl sites for hydroxylation is 1. The molecule has 1 saturated heterocycles. The number of nitrogen functional groups attached to an aromatic ring is 1. The fourth-order valence-electron chi connectivity index (χ4n) is 2.39. The molecule has 2 atom stereocenters. The normalized spacial score (nSPS) is 23.7. The van der Waals surface area contributed by atoms with Gasteiger partial charge in [-0.2, -0.15) is 0 Å². The molecule has 98 valence electrons. The maximum atomic E-state index is 12.2. The van der Waals surface area contributed by atoms with E-state index in [1.807, 2.05) is 26.0 Å². The first kappa shape index (κ1) is 12.9. The van der Waals surface area contributed by atoms with Gasteiger partial charge in [-0.1, -0.05) is 12.1 Å². The summed E-state index contributed by atoms with van der Waals surface area (Å²) in [5.74, 6) is -0.0790. The number of carbonyl (C=O) groups excluding carboxylic acids is 1. The molecule has 3 N–H and O–H groups in total. The van der Waals surface area contributed by atoms with Crippen molar-refractivity contribution < 1.29 is 9.53 Å². The number of amides is 1. The van der Waals surface area contributed by atoms with Gasteiger partial charge in [-0.15, -0.1) is 0 Å². The van der Waals surface area contributed by atoms with E-state index in [-0.39, 0.29) is 18.1 Å². The molecule has 0 radical (unpaired) electrons. The molecule has 1 fully saturated rings. The monoisotopic (exact) mass is 248 g/mol. The zero-order chi connectivity index (χ0) is 13.1. The first-order chi connectivity index (χ1) is 8.58. The molecular weight excluding hydrogens is 228 g/mol. The Balaban J connectivity index is 2.07. The van der Waals surface area contributed by atoms with Crippen LogP contribution in [0.1, 0.15) is 35.7 Å². The van der Waals surface area contributed by atoms with Gasteiger partial charge in [0.25, 0.3) is 5.91 Å². The minimum atomic E-state index is -0.0790. The van der Waals surface area contributed by atoms with Gasteiger partial charge in [0.2, 0.25) is 0 Å². The van der Waals surface area contributed by atoms with Crippen molar-refractivity contribution in [3.8, 4) is 0 Å². The second kappa shape index (κ2) is 5.40. The van der Waals surface area contributed by atoms with E-state index < -0.39 is 0 Å². The summed E-state index contributed by atoms with van der Waals surface area (Å²) in [5, 5.41) is 3.05. The maximum absolute atomic E-state index is 12.2. The summed E-state index contributed by atoms with van der Waals surface area (Å²) in [6.07, 6.45) is 1.93. The number of ether oxygens (including phenoxy) is 1. The maximum Gasteiger partial charge on any atom is 0.253 e. The Morgan fingerprint density at radius 1 is 1.50 bits per heavy atom. The number of rotatable bonds is 2. The molecule has 4 heteroatoms. The third-order valence-electron chi connectivity index (χ3n) is 3.35. The van der Waals surface area contributed by atoms with E-state index in [0.717, 1.165) is 18.4 Å². The van der Waals surface area contributed by atoms with E-state index >= 15 is 0 Å². The van der Waals surface area contributed by atoms with Crippen molar-refractivity contribution in [3.05, 3.63) is 29.3 Å². The van der Waals surface area contributed by atoms with Gasteiger partial charge < -0.3 is 15.8 Å². The summed E-state index contributed by atoms with van der Waals surface area (Å²) in [4.78, 5) is 12.2. The highest BCUT2D eigenvalue weighted by atomic mass is 16.5. The van der Waals surface area contributed by atoms with Gasteiger partial charge in [-0.25, -0.2) is 0 Å². The Labute approximate surface area is 108 Å². The average molecular weight is 248 g/mol. The van der Waals surface area contributed by atoms with Crippen molar-refractivity contribution in [2.75, 3.05) is 12.3 Å². The number of hydrogen-bond acceptors (Lipinski definition) is 3. The van der Waals surface area contributed by atoms with Crippen LogP contribution in [-0.4, -0.2) is 24.7 Å². The highest BCUT2D eigenvalue weighted by Gasteiger charge is 2.22. The summed E-state index contributed by atoms with van der Waals surface area (Å²) in [5.41, 5.74) is 7.91. The lowest BCUT2D eigenvalue weighted by atomic mass is 10.0. The Morgan fingerprint density at radius 3 is 2.94 bits per heavy atom. The topological polar surface area (TPSA) is 64.4 Å². The second-order valence-corrected chi connectivity index (χ2v) is 4.92. The van der Waals surface area contributed by atoms with Crippen LogP contribution in [0.3, 0.4) is 0 Å². The zero-order valence-corrected chi connectivity index (χ0v) is 10.9. The molecular formula is C14H20N2O2. The molecule has 18 heavy (non-hydrogen) atoms. The van der Waals surface area contributed by atoms with E-state index in [0.29, 0.717) is 17.9 Å². The van der Waals surface area contributed by atoms with Gasteiger partial charge in [-0.3, -0.25) is 4.79 Å². The Kier molecular flexibility index (Phi) is 3.87. The quantitative estimate of drug-likeness (QED) is 0.785. The van der Waals surface area contributed by atoms with Crippen molar-refractivity contribution >= 4 is 11.6 Å². The fourth-order valence-corrected chi connectivity index (χ4v) is 2.39. The van der Waals surface area contributed by atoms with Gasteiger partial charge in [-0.05, 0) is 38.3 Å². The van der Waals surface area contributed by atoms with E-state index in [9.17, 15) is 4.79 Å². The van der Waals surface area contributed by atoms with Crippen LogP contribution in [0.25, 0.3) is 0 Å². The number of nitrogens with one attached hydrogen (secondary N) is 1. The third-order valence-corrected chi connectivity index (χ3v) is 3.35. The molecule has 2 rings (SSSR count). The number of nitrogens with two attached hydrogens (primary N) is 1. The molecule has 0 saturated carbocycles. The highest BCUT2D eigenvalue weighted by Crippen LogP contribution is 2.18. The summed E-state index contributed by atoms with van der Waals surface area (Å²) >= 11 is 0. The van der Waals surface area contributed by atoms with Crippen molar-refractivity contribution in [1.82, 2.24) is 5.32 Å². The third kappa shape index (κ3) is 2.82. The molecule has 1 aromatic rings. The molecule has 0 spiro atoms. The summed E-state index contributed by atoms with van der Waals surface area (Å²) in [7, 11) is 0. The average Bonchev–Trinajstić information content (AvgIpc) is 2.28. The molecule has 1 heterocycles. The Morgan fingerprint density at radius 2 is 2.28 bits per heavy atom. The van der Waals surface area contributed by atoms with E-state index in [4.69, 9.17) is 10.5 Å². The van der Waals surface area contributed by atoms with Gasteiger partial charge in [0.15, 0.2) is 0 Å².